The van der Waals surface area contributed by atoms with Gasteiger partial charge in [0.05, 0.1) is 18.3 Å². The van der Waals surface area contributed by atoms with Crippen molar-refractivity contribution in [1.29, 1.82) is 0 Å². The molecule has 32 heavy (non-hydrogen) atoms. The molecule has 0 atom stereocenters. The van der Waals surface area contributed by atoms with E-state index in [0.29, 0.717) is 37.4 Å². The highest BCUT2D eigenvalue weighted by atomic mass is 16.5. The summed E-state index contributed by atoms with van der Waals surface area (Å²) < 4.78 is 5.74. The van der Waals surface area contributed by atoms with Crippen LogP contribution in [-0.4, -0.2) is 83.6 Å². The van der Waals surface area contributed by atoms with Crippen molar-refractivity contribution in [3.05, 3.63) is 35.5 Å². The first kappa shape index (κ1) is 24.3. The van der Waals surface area contributed by atoms with E-state index < -0.39 is 0 Å². The largest absolute Gasteiger partial charge is 0.491 e. The lowest BCUT2D eigenvalue weighted by atomic mass is 10.0. The average Bonchev–Trinajstić information content (AvgIpc) is 3.02. The topological polar surface area (TPSA) is 73.3 Å². The van der Waals surface area contributed by atoms with Crippen LogP contribution in [0.4, 0.5) is 0 Å². The Morgan fingerprint density at radius 2 is 1.62 bits per heavy atom. The molecule has 1 saturated heterocycles. The molecule has 176 valence electrons. The fourth-order valence-electron chi connectivity index (χ4n) is 4.33. The maximum absolute atomic E-state index is 13.4. The van der Waals surface area contributed by atoms with Crippen LogP contribution in [0.3, 0.4) is 0 Å². The fraction of sp³-hybridized carbons (Fsp3) is 0.600. The Balaban J connectivity index is 1.86. The van der Waals surface area contributed by atoms with Crippen LogP contribution in [0, 0.1) is 0 Å². The number of piperazine rings is 1. The predicted molar refractivity (Wildman–Crippen MR) is 125 cm³/mol. The van der Waals surface area contributed by atoms with Gasteiger partial charge in [-0.2, -0.15) is 0 Å². The van der Waals surface area contributed by atoms with E-state index in [4.69, 9.17) is 4.74 Å². The molecular formula is C25H37N3O4. The number of amides is 2. The molecule has 0 aromatic heterocycles. The minimum Gasteiger partial charge on any atom is -0.491 e. The van der Waals surface area contributed by atoms with E-state index in [9.17, 15) is 14.7 Å². The lowest BCUT2D eigenvalue weighted by molar-refractivity contribution is -0.137. The maximum atomic E-state index is 13.4. The molecule has 2 heterocycles. The normalized spacial score (nSPS) is 17.8. The summed E-state index contributed by atoms with van der Waals surface area (Å²) in [7, 11) is 0. The quantitative estimate of drug-likeness (QED) is 0.419. The van der Waals surface area contributed by atoms with Gasteiger partial charge in [0.1, 0.15) is 11.4 Å². The molecule has 1 N–H and O–H groups in total. The molecule has 0 aliphatic carbocycles. The third-order valence-corrected chi connectivity index (χ3v) is 6.00. The number of hydrogen-bond donors (Lipinski definition) is 1. The zero-order valence-electron chi connectivity index (χ0n) is 19.7. The Morgan fingerprint density at radius 3 is 2.22 bits per heavy atom. The van der Waals surface area contributed by atoms with Gasteiger partial charge in [-0.1, -0.05) is 38.3 Å². The smallest absolute Gasteiger partial charge is 0.277 e. The van der Waals surface area contributed by atoms with E-state index in [1.54, 1.807) is 0 Å². The summed E-state index contributed by atoms with van der Waals surface area (Å²) in [5, 5.41) is 9.22. The number of rotatable bonds is 11. The van der Waals surface area contributed by atoms with Gasteiger partial charge in [-0.25, -0.2) is 0 Å². The van der Waals surface area contributed by atoms with E-state index in [1.165, 1.54) is 4.90 Å². The van der Waals surface area contributed by atoms with E-state index in [-0.39, 0.29) is 24.5 Å². The van der Waals surface area contributed by atoms with Crippen molar-refractivity contribution in [2.75, 3.05) is 45.9 Å². The van der Waals surface area contributed by atoms with Gasteiger partial charge in [-0.3, -0.25) is 19.4 Å². The van der Waals surface area contributed by atoms with Crippen LogP contribution in [0.1, 0.15) is 52.0 Å². The Kier molecular flexibility index (Phi) is 8.70. The molecular weight excluding hydrogens is 406 g/mol. The fourth-order valence-corrected chi connectivity index (χ4v) is 4.33. The second-order valence-electron chi connectivity index (χ2n) is 8.79. The van der Waals surface area contributed by atoms with Gasteiger partial charge in [-0.15, -0.1) is 0 Å². The molecule has 7 heteroatoms. The number of carbonyl (C=O) groups is 2. The predicted octanol–water partition coefficient (Wildman–Crippen LogP) is 2.74. The number of benzene rings is 1. The number of β-amino-alcohol motifs (C(OH)–C–C–N with tert-alkyl or cyclic N) is 1. The van der Waals surface area contributed by atoms with E-state index >= 15 is 0 Å². The summed E-state index contributed by atoms with van der Waals surface area (Å²) in [4.78, 5) is 32.5. The minimum atomic E-state index is -0.197. The number of ether oxygens (including phenoxy) is 1. The summed E-state index contributed by atoms with van der Waals surface area (Å²) in [6.07, 6.45) is 4.13. The second-order valence-corrected chi connectivity index (χ2v) is 8.79. The van der Waals surface area contributed by atoms with Gasteiger partial charge in [0, 0.05) is 39.3 Å². The van der Waals surface area contributed by atoms with E-state index in [1.807, 2.05) is 43.0 Å². The molecule has 0 spiro atoms. The van der Waals surface area contributed by atoms with Crippen molar-refractivity contribution >= 4 is 17.4 Å². The zero-order valence-corrected chi connectivity index (χ0v) is 19.7. The van der Waals surface area contributed by atoms with Crippen LogP contribution in [0.2, 0.25) is 0 Å². The summed E-state index contributed by atoms with van der Waals surface area (Å²) in [5.74, 6) is 0.369. The highest BCUT2D eigenvalue weighted by molar-refractivity contribution is 6.35. The van der Waals surface area contributed by atoms with Crippen molar-refractivity contribution in [3.8, 4) is 5.75 Å². The minimum absolute atomic E-state index is 0.0687. The second kappa shape index (κ2) is 11.5. The number of aliphatic hydroxyl groups excluding tert-OH is 1. The monoisotopic (exact) mass is 443 g/mol. The highest BCUT2D eigenvalue weighted by Gasteiger charge is 2.41. The first-order valence-corrected chi connectivity index (χ1v) is 11.9. The zero-order chi connectivity index (χ0) is 23.1. The van der Waals surface area contributed by atoms with Crippen LogP contribution in [-0.2, 0) is 9.59 Å². The Labute approximate surface area is 191 Å². The Bertz CT molecular complexity index is 811. The molecule has 3 rings (SSSR count). The van der Waals surface area contributed by atoms with Crippen LogP contribution >= 0.6 is 0 Å². The average molecular weight is 444 g/mol. The van der Waals surface area contributed by atoms with Crippen molar-refractivity contribution in [1.82, 2.24) is 14.7 Å². The van der Waals surface area contributed by atoms with E-state index in [0.717, 1.165) is 50.1 Å². The van der Waals surface area contributed by atoms with Crippen LogP contribution < -0.4 is 4.74 Å². The molecule has 2 aliphatic rings. The lowest BCUT2D eigenvalue weighted by Crippen LogP contribution is -2.48. The Morgan fingerprint density at radius 1 is 0.938 bits per heavy atom. The summed E-state index contributed by atoms with van der Waals surface area (Å²) in [6, 6.07) is 7.48. The van der Waals surface area contributed by atoms with Crippen LogP contribution in [0.5, 0.6) is 5.75 Å². The third-order valence-electron chi connectivity index (χ3n) is 6.00. The molecule has 2 amide bonds. The van der Waals surface area contributed by atoms with Crippen molar-refractivity contribution < 1.29 is 19.4 Å². The molecule has 1 aromatic carbocycles. The van der Waals surface area contributed by atoms with Crippen LogP contribution in [0.15, 0.2) is 30.0 Å². The third kappa shape index (κ3) is 5.70. The summed E-state index contributed by atoms with van der Waals surface area (Å²) >= 11 is 0. The van der Waals surface area contributed by atoms with Crippen molar-refractivity contribution in [3.63, 3.8) is 0 Å². The van der Waals surface area contributed by atoms with Gasteiger partial charge >= 0.3 is 0 Å². The number of hydrogen-bond acceptors (Lipinski definition) is 6. The van der Waals surface area contributed by atoms with Gasteiger partial charge in [0.25, 0.3) is 11.8 Å². The molecule has 1 fully saturated rings. The van der Waals surface area contributed by atoms with Crippen molar-refractivity contribution in [2.45, 2.75) is 52.6 Å². The molecule has 2 aliphatic heterocycles. The standard InChI is InChI=1S/C25H37N3O4/c1-4-5-6-7-12-28-24(30)22(20-8-10-21(11-9-20)32-19(2)3)23(25(28)31)27-15-13-26(14-16-27)17-18-29/h8-11,19,29H,4-7,12-18H2,1-3H3. The molecule has 0 radical (unpaired) electrons. The number of imide groups is 1. The lowest BCUT2D eigenvalue weighted by Gasteiger charge is -2.36. The van der Waals surface area contributed by atoms with Gasteiger partial charge < -0.3 is 14.7 Å². The van der Waals surface area contributed by atoms with E-state index in [2.05, 4.69) is 11.8 Å². The summed E-state index contributed by atoms with van der Waals surface area (Å²) in [6.45, 7) is 10.2. The molecule has 1 aromatic rings. The van der Waals surface area contributed by atoms with Crippen molar-refractivity contribution in [2.24, 2.45) is 0 Å². The van der Waals surface area contributed by atoms with Gasteiger partial charge in [-0.05, 0) is 38.0 Å². The number of aliphatic hydroxyl groups is 1. The highest BCUT2D eigenvalue weighted by Crippen LogP contribution is 2.33. The number of nitrogens with zero attached hydrogens (tertiary/aromatic N) is 3. The number of unbranched alkanes of at least 4 members (excludes halogenated alkanes) is 3. The molecule has 0 saturated carbocycles. The summed E-state index contributed by atoms with van der Waals surface area (Å²) in [5.41, 5.74) is 1.77. The molecule has 0 unspecified atom stereocenters. The Hall–Kier alpha value is -2.38. The van der Waals surface area contributed by atoms with Gasteiger partial charge in [0.15, 0.2) is 0 Å². The SMILES string of the molecule is CCCCCCN1C(=O)C(c2ccc(OC(C)C)cc2)=C(N2CCN(CCO)CC2)C1=O. The molecule has 7 nitrogen and oxygen atoms in total. The maximum Gasteiger partial charge on any atom is 0.277 e. The van der Waals surface area contributed by atoms with Crippen LogP contribution in [0.25, 0.3) is 5.57 Å². The van der Waals surface area contributed by atoms with Gasteiger partial charge in [0.2, 0.25) is 0 Å². The molecule has 0 bridgehead atoms. The number of carbonyl (C=O) groups excluding carboxylic acids is 2. The first-order valence-electron chi connectivity index (χ1n) is 11.9. The first-order chi connectivity index (χ1) is 15.5.